The molecule has 1 heterocycles. The van der Waals surface area contributed by atoms with E-state index in [1.54, 1.807) is 12.1 Å². The zero-order chi connectivity index (χ0) is 15.4. The summed E-state index contributed by atoms with van der Waals surface area (Å²) in [7, 11) is 0. The van der Waals surface area contributed by atoms with E-state index in [1.807, 2.05) is 18.2 Å². The van der Waals surface area contributed by atoms with Gasteiger partial charge >= 0.3 is 0 Å². The maximum absolute atomic E-state index is 13.7. The maximum Gasteiger partial charge on any atom is 0.123 e. The molecule has 1 unspecified atom stereocenters. The molecule has 0 spiro atoms. The lowest BCUT2D eigenvalue weighted by Gasteiger charge is -2.31. The second-order valence-corrected chi connectivity index (χ2v) is 6.57. The summed E-state index contributed by atoms with van der Waals surface area (Å²) in [6, 6.07) is 15.4. The molecule has 0 bridgehead atoms. The van der Waals surface area contributed by atoms with Crippen molar-refractivity contribution in [2.45, 2.75) is 12.5 Å². The fourth-order valence-corrected chi connectivity index (χ4v) is 3.51. The quantitative estimate of drug-likeness (QED) is 0.888. The molecular formula is C18H20BrFN2. The van der Waals surface area contributed by atoms with Crippen molar-refractivity contribution in [2.24, 2.45) is 0 Å². The van der Waals surface area contributed by atoms with Crippen molar-refractivity contribution in [3.8, 4) is 0 Å². The molecule has 22 heavy (non-hydrogen) atoms. The first-order chi connectivity index (χ1) is 10.7. The Balaban J connectivity index is 2.01. The number of hydrogen-bond donors (Lipinski definition) is 1. The number of nitrogens with one attached hydrogen (secondary N) is 1. The maximum atomic E-state index is 13.7. The number of hydrogen-bond acceptors (Lipinski definition) is 2. The second-order valence-electron chi connectivity index (χ2n) is 5.65. The van der Waals surface area contributed by atoms with Crippen LogP contribution in [0, 0.1) is 5.82 Å². The molecule has 0 radical (unpaired) electrons. The van der Waals surface area contributed by atoms with E-state index in [9.17, 15) is 4.39 Å². The van der Waals surface area contributed by atoms with Gasteiger partial charge < -0.3 is 5.32 Å². The van der Waals surface area contributed by atoms with Crippen LogP contribution in [0.15, 0.2) is 53.0 Å². The highest BCUT2D eigenvalue weighted by Crippen LogP contribution is 2.31. The summed E-state index contributed by atoms with van der Waals surface area (Å²) >= 11 is 3.55. The van der Waals surface area contributed by atoms with Gasteiger partial charge in [-0.15, -0.1) is 0 Å². The lowest BCUT2D eigenvalue weighted by atomic mass is 9.96. The van der Waals surface area contributed by atoms with Crippen LogP contribution in [0.3, 0.4) is 0 Å². The van der Waals surface area contributed by atoms with Gasteiger partial charge in [-0.2, -0.15) is 0 Å². The van der Waals surface area contributed by atoms with E-state index in [4.69, 9.17) is 0 Å². The van der Waals surface area contributed by atoms with Gasteiger partial charge in [0.05, 0.1) is 6.04 Å². The van der Waals surface area contributed by atoms with Gasteiger partial charge in [-0.05, 0) is 48.4 Å². The van der Waals surface area contributed by atoms with Crippen LogP contribution in [0.5, 0.6) is 0 Å². The molecule has 3 rings (SSSR count). The van der Waals surface area contributed by atoms with Crippen molar-refractivity contribution >= 4 is 15.9 Å². The van der Waals surface area contributed by atoms with Crippen molar-refractivity contribution in [3.05, 3.63) is 69.9 Å². The van der Waals surface area contributed by atoms with E-state index in [0.717, 1.165) is 42.6 Å². The first kappa shape index (κ1) is 15.7. The first-order valence-electron chi connectivity index (χ1n) is 7.70. The third-order valence-corrected chi connectivity index (χ3v) is 4.56. The van der Waals surface area contributed by atoms with Gasteiger partial charge in [0.15, 0.2) is 0 Å². The molecule has 1 fully saturated rings. The highest BCUT2D eigenvalue weighted by molar-refractivity contribution is 9.10. The van der Waals surface area contributed by atoms with Gasteiger partial charge in [0.2, 0.25) is 0 Å². The first-order valence-corrected chi connectivity index (χ1v) is 8.49. The zero-order valence-electron chi connectivity index (χ0n) is 12.4. The molecule has 2 aromatic carbocycles. The van der Waals surface area contributed by atoms with Gasteiger partial charge in [0, 0.05) is 24.1 Å². The molecule has 0 aromatic heterocycles. The lowest BCUT2D eigenvalue weighted by Crippen LogP contribution is -2.33. The molecular weight excluding hydrogens is 343 g/mol. The summed E-state index contributed by atoms with van der Waals surface area (Å²) in [5, 5.41) is 3.43. The highest BCUT2D eigenvalue weighted by atomic mass is 79.9. The van der Waals surface area contributed by atoms with Crippen LogP contribution in [0.2, 0.25) is 0 Å². The Morgan fingerprint density at radius 2 is 1.77 bits per heavy atom. The van der Waals surface area contributed by atoms with E-state index in [2.05, 4.69) is 38.3 Å². The molecule has 2 aromatic rings. The predicted molar refractivity (Wildman–Crippen MR) is 91.4 cm³/mol. The molecule has 116 valence electrons. The average molecular weight is 363 g/mol. The summed E-state index contributed by atoms with van der Waals surface area (Å²) < 4.78 is 14.8. The summed E-state index contributed by atoms with van der Waals surface area (Å²) in [5.41, 5.74) is 2.21. The topological polar surface area (TPSA) is 15.3 Å². The third kappa shape index (κ3) is 3.75. The van der Waals surface area contributed by atoms with Crippen molar-refractivity contribution < 1.29 is 4.39 Å². The molecule has 1 N–H and O–H groups in total. The zero-order valence-corrected chi connectivity index (χ0v) is 14.0. The molecule has 1 atom stereocenters. The Kier molecular flexibility index (Phi) is 5.24. The SMILES string of the molecule is Fc1cccc(C(c2cccc(Br)c2)N2CCCNCC2)c1. The van der Waals surface area contributed by atoms with Crippen LogP contribution < -0.4 is 5.32 Å². The van der Waals surface area contributed by atoms with Gasteiger partial charge in [-0.3, -0.25) is 4.90 Å². The Labute approximate surface area is 139 Å². The van der Waals surface area contributed by atoms with E-state index in [0.29, 0.717) is 0 Å². The molecule has 0 amide bonds. The number of benzene rings is 2. The van der Waals surface area contributed by atoms with Crippen molar-refractivity contribution in [3.63, 3.8) is 0 Å². The fourth-order valence-electron chi connectivity index (χ4n) is 3.09. The minimum Gasteiger partial charge on any atom is -0.315 e. The van der Waals surface area contributed by atoms with E-state index in [-0.39, 0.29) is 11.9 Å². The Bertz CT molecular complexity index is 578. The van der Waals surface area contributed by atoms with Crippen LogP contribution in [0.25, 0.3) is 0 Å². The minimum atomic E-state index is -0.176. The van der Waals surface area contributed by atoms with Gasteiger partial charge in [-0.25, -0.2) is 4.39 Å². The van der Waals surface area contributed by atoms with Gasteiger partial charge in [-0.1, -0.05) is 40.2 Å². The molecule has 2 nitrogen and oxygen atoms in total. The molecule has 1 aliphatic heterocycles. The van der Waals surface area contributed by atoms with Crippen LogP contribution >= 0.6 is 15.9 Å². The lowest BCUT2D eigenvalue weighted by molar-refractivity contribution is 0.240. The minimum absolute atomic E-state index is 0.0908. The predicted octanol–water partition coefficient (Wildman–Crippen LogP) is 3.97. The Morgan fingerprint density at radius 3 is 2.55 bits per heavy atom. The number of nitrogens with zero attached hydrogens (tertiary/aromatic N) is 1. The monoisotopic (exact) mass is 362 g/mol. The molecule has 1 saturated heterocycles. The van der Waals surface area contributed by atoms with Gasteiger partial charge in [0.25, 0.3) is 0 Å². The summed E-state index contributed by atoms with van der Waals surface area (Å²) in [4.78, 5) is 2.44. The summed E-state index contributed by atoms with van der Waals surface area (Å²) in [5.74, 6) is -0.176. The smallest absolute Gasteiger partial charge is 0.123 e. The van der Waals surface area contributed by atoms with Crippen molar-refractivity contribution in [2.75, 3.05) is 26.2 Å². The summed E-state index contributed by atoms with van der Waals surface area (Å²) in [6.07, 6.45) is 1.11. The highest BCUT2D eigenvalue weighted by Gasteiger charge is 2.23. The van der Waals surface area contributed by atoms with E-state index < -0.39 is 0 Å². The Hall–Kier alpha value is -1.23. The molecule has 0 saturated carbocycles. The Morgan fingerprint density at radius 1 is 1.00 bits per heavy atom. The van der Waals surface area contributed by atoms with Crippen LogP contribution in [-0.2, 0) is 0 Å². The third-order valence-electron chi connectivity index (χ3n) is 4.07. The second kappa shape index (κ2) is 7.36. The fraction of sp³-hybridized carbons (Fsp3) is 0.333. The number of halogens is 2. The van der Waals surface area contributed by atoms with E-state index in [1.165, 1.54) is 11.6 Å². The largest absolute Gasteiger partial charge is 0.315 e. The van der Waals surface area contributed by atoms with Crippen LogP contribution in [0.4, 0.5) is 4.39 Å². The van der Waals surface area contributed by atoms with Crippen LogP contribution in [-0.4, -0.2) is 31.1 Å². The van der Waals surface area contributed by atoms with E-state index >= 15 is 0 Å². The molecule has 4 heteroatoms. The van der Waals surface area contributed by atoms with Crippen molar-refractivity contribution in [1.29, 1.82) is 0 Å². The van der Waals surface area contributed by atoms with Gasteiger partial charge in [0.1, 0.15) is 5.82 Å². The number of rotatable bonds is 3. The van der Waals surface area contributed by atoms with Crippen LogP contribution in [0.1, 0.15) is 23.6 Å². The molecule has 1 aliphatic rings. The summed E-state index contributed by atoms with van der Waals surface area (Å²) in [6.45, 7) is 4.00. The standard InChI is InChI=1S/C18H20BrFN2/c19-16-6-1-4-14(12-16)18(15-5-2-7-17(20)13-15)22-10-3-8-21-9-11-22/h1-2,4-7,12-13,18,21H,3,8-11H2. The molecule has 0 aliphatic carbocycles. The van der Waals surface area contributed by atoms with Crippen molar-refractivity contribution in [1.82, 2.24) is 10.2 Å². The average Bonchev–Trinajstić information content (AvgIpc) is 2.77. The normalized spacial score (nSPS) is 17.9.